The zero-order chi connectivity index (χ0) is 13.5. The van der Waals surface area contributed by atoms with Gasteiger partial charge < -0.3 is 0 Å². The molecular weight excluding hydrogens is 272 g/mol. The van der Waals surface area contributed by atoms with Crippen molar-refractivity contribution >= 4 is 33.5 Å². The number of H-pyrrole nitrogens is 1. The van der Waals surface area contributed by atoms with Crippen LogP contribution in [0.5, 0.6) is 0 Å². The summed E-state index contributed by atoms with van der Waals surface area (Å²) < 4.78 is 0. The molecule has 4 aromatic rings. The van der Waals surface area contributed by atoms with E-state index >= 15 is 0 Å². The smallest absolute Gasteiger partial charge is 0.0909 e. The molecule has 0 fully saturated rings. The third-order valence-electron chi connectivity index (χ3n) is 3.22. The average molecular weight is 281 g/mol. The first-order valence-corrected chi connectivity index (χ1v) is 6.53. The first kappa shape index (κ1) is 11.4. The average Bonchev–Trinajstić information content (AvgIpc) is 2.91. The normalized spacial score (nSPS) is 11.2. The van der Waals surface area contributed by atoms with Gasteiger partial charge in [-0.25, -0.2) is 4.98 Å². The van der Waals surface area contributed by atoms with Crippen LogP contribution in [-0.4, -0.2) is 20.2 Å². The Morgan fingerprint density at radius 2 is 1.95 bits per heavy atom. The zero-order valence-electron chi connectivity index (χ0n) is 10.3. The number of fused-ring (bicyclic) bond motifs is 2. The second kappa shape index (κ2) is 4.28. The maximum atomic E-state index is 6.02. The van der Waals surface area contributed by atoms with Crippen LogP contribution in [0.4, 0.5) is 0 Å². The minimum atomic E-state index is 0.690. The highest BCUT2D eigenvalue weighted by molar-refractivity contribution is 6.30. The molecule has 96 valence electrons. The van der Waals surface area contributed by atoms with Gasteiger partial charge in [0.2, 0.25) is 0 Å². The molecule has 2 heterocycles. The van der Waals surface area contributed by atoms with Crippen molar-refractivity contribution < 1.29 is 0 Å². The van der Waals surface area contributed by atoms with Gasteiger partial charge in [-0.05, 0) is 24.3 Å². The molecule has 0 atom stereocenters. The molecule has 5 heteroatoms. The van der Waals surface area contributed by atoms with Crippen LogP contribution in [0.3, 0.4) is 0 Å². The van der Waals surface area contributed by atoms with Crippen molar-refractivity contribution in [2.45, 2.75) is 0 Å². The van der Waals surface area contributed by atoms with E-state index in [9.17, 15) is 0 Å². The highest BCUT2D eigenvalue weighted by Crippen LogP contribution is 2.24. The summed E-state index contributed by atoms with van der Waals surface area (Å²) >= 11 is 6.02. The number of hydrogen-bond donors (Lipinski definition) is 1. The van der Waals surface area contributed by atoms with Gasteiger partial charge in [0.1, 0.15) is 0 Å². The SMILES string of the molecule is Clc1cccc(-c2cnc3cc4[nH]ncc4cc3n2)c1. The summed E-state index contributed by atoms with van der Waals surface area (Å²) in [6, 6.07) is 11.5. The number of benzene rings is 2. The summed E-state index contributed by atoms with van der Waals surface area (Å²) in [6.07, 6.45) is 3.54. The van der Waals surface area contributed by atoms with Crippen LogP contribution in [-0.2, 0) is 0 Å². The molecule has 2 aromatic heterocycles. The van der Waals surface area contributed by atoms with E-state index in [1.807, 2.05) is 36.4 Å². The fourth-order valence-electron chi connectivity index (χ4n) is 2.24. The summed E-state index contributed by atoms with van der Waals surface area (Å²) in [6.45, 7) is 0. The van der Waals surface area contributed by atoms with Crippen molar-refractivity contribution in [1.82, 2.24) is 20.2 Å². The Labute approximate surface area is 119 Å². The molecule has 0 saturated heterocycles. The predicted molar refractivity (Wildman–Crippen MR) is 79.6 cm³/mol. The van der Waals surface area contributed by atoms with Gasteiger partial charge >= 0.3 is 0 Å². The lowest BCUT2D eigenvalue weighted by atomic mass is 10.1. The van der Waals surface area contributed by atoms with Crippen LogP contribution >= 0.6 is 11.6 Å². The van der Waals surface area contributed by atoms with Gasteiger partial charge in [-0.1, -0.05) is 23.7 Å². The number of nitrogens with one attached hydrogen (secondary N) is 1. The van der Waals surface area contributed by atoms with Crippen LogP contribution < -0.4 is 0 Å². The highest BCUT2D eigenvalue weighted by atomic mass is 35.5. The lowest BCUT2D eigenvalue weighted by Gasteiger charge is -2.03. The Hall–Kier alpha value is -2.46. The maximum Gasteiger partial charge on any atom is 0.0909 e. The first-order chi connectivity index (χ1) is 9.79. The third-order valence-corrected chi connectivity index (χ3v) is 3.46. The van der Waals surface area contributed by atoms with Crippen molar-refractivity contribution in [1.29, 1.82) is 0 Å². The van der Waals surface area contributed by atoms with E-state index in [1.54, 1.807) is 12.4 Å². The Morgan fingerprint density at radius 3 is 2.85 bits per heavy atom. The minimum absolute atomic E-state index is 0.690. The molecule has 2 aromatic carbocycles. The van der Waals surface area contributed by atoms with Crippen LogP contribution in [0, 0.1) is 0 Å². The number of halogens is 1. The van der Waals surface area contributed by atoms with Crippen molar-refractivity contribution in [3.05, 3.63) is 53.8 Å². The Balaban J connectivity index is 1.95. The maximum absolute atomic E-state index is 6.02. The molecule has 0 radical (unpaired) electrons. The summed E-state index contributed by atoms with van der Waals surface area (Å²) in [5, 5.41) is 8.66. The van der Waals surface area contributed by atoms with Gasteiger partial charge in [0.05, 0.1) is 34.6 Å². The van der Waals surface area contributed by atoms with Crippen LogP contribution in [0.2, 0.25) is 5.02 Å². The van der Waals surface area contributed by atoms with Crippen molar-refractivity contribution in [3.8, 4) is 11.3 Å². The number of aromatic nitrogens is 4. The molecule has 0 spiro atoms. The molecule has 0 saturated carbocycles. The highest BCUT2D eigenvalue weighted by Gasteiger charge is 2.05. The van der Waals surface area contributed by atoms with E-state index in [4.69, 9.17) is 11.6 Å². The Morgan fingerprint density at radius 1 is 1.00 bits per heavy atom. The van der Waals surface area contributed by atoms with Crippen molar-refractivity contribution in [3.63, 3.8) is 0 Å². The predicted octanol–water partition coefficient (Wildman–Crippen LogP) is 3.83. The third kappa shape index (κ3) is 1.82. The van der Waals surface area contributed by atoms with E-state index in [0.29, 0.717) is 5.02 Å². The number of aromatic amines is 1. The van der Waals surface area contributed by atoms with E-state index in [2.05, 4.69) is 20.2 Å². The van der Waals surface area contributed by atoms with Crippen molar-refractivity contribution in [2.24, 2.45) is 0 Å². The van der Waals surface area contributed by atoms with Crippen molar-refractivity contribution in [2.75, 3.05) is 0 Å². The van der Waals surface area contributed by atoms with Gasteiger partial charge in [0.25, 0.3) is 0 Å². The monoisotopic (exact) mass is 280 g/mol. The van der Waals surface area contributed by atoms with E-state index in [0.717, 1.165) is 33.2 Å². The van der Waals surface area contributed by atoms with Gasteiger partial charge in [0.15, 0.2) is 0 Å². The molecule has 0 aliphatic carbocycles. The topological polar surface area (TPSA) is 54.5 Å². The van der Waals surface area contributed by atoms with Crippen LogP contribution in [0.25, 0.3) is 33.2 Å². The molecule has 0 unspecified atom stereocenters. The summed E-state index contributed by atoms with van der Waals surface area (Å²) in [7, 11) is 0. The Bertz CT molecular complexity index is 929. The number of nitrogens with zero attached hydrogens (tertiary/aromatic N) is 3. The molecule has 0 aliphatic rings. The molecule has 4 rings (SSSR count). The van der Waals surface area contributed by atoms with Gasteiger partial charge in [0, 0.05) is 16.0 Å². The summed E-state index contributed by atoms with van der Waals surface area (Å²) in [5.74, 6) is 0. The standard InChI is InChI=1S/C15H9ClN4/c16-11-3-1-2-9(4-11)15-8-17-13-6-12-10(7-18-20-12)5-14(13)19-15/h1-8H,(H,18,20). The second-order valence-electron chi connectivity index (χ2n) is 4.56. The number of rotatable bonds is 1. The Kier molecular flexibility index (Phi) is 2.44. The molecule has 1 N–H and O–H groups in total. The van der Waals surface area contributed by atoms with Gasteiger partial charge in [-0.2, -0.15) is 5.10 Å². The first-order valence-electron chi connectivity index (χ1n) is 6.15. The largest absolute Gasteiger partial charge is 0.278 e. The molecular formula is C15H9ClN4. The summed E-state index contributed by atoms with van der Waals surface area (Å²) in [5.41, 5.74) is 4.41. The molecule has 0 bridgehead atoms. The molecule has 4 nitrogen and oxygen atoms in total. The lowest BCUT2D eigenvalue weighted by Crippen LogP contribution is -1.88. The fraction of sp³-hybridized carbons (Fsp3) is 0. The minimum Gasteiger partial charge on any atom is -0.278 e. The lowest BCUT2D eigenvalue weighted by molar-refractivity contribution is 1.12. The molecule has 0 amide bonds. The van der Waals surface area contributed by atoms with E-state index in [-0.39, 0.29) is 0 Å². The quantitative estimate of drug-likeness (QED) is 0.576. The second-order valence-corrected chi connectivity index (χ2v) is 5.00. The van der Waals surface area contributed by atoms with Gasteiger partial charge in [-0.15, -0.1) is 0 Å². The van der Waals surface area contributed by atoms with Crippen LogP contribution in [0.15, 0.2) is 48.8 Å². The van der Waals surface area contributed by atoms with Gasteiger partial charge in [-0.3, -0.25) is 10.1 Å². The van der Waals surface area contributed by atoms with E-state index in [1.165, 1.54) is 0 Å². The summed E-state index contributed by atoms with van der Waals surface area (Å²) in [4.78, 5) is 9.12. The van der Waals surface area contributed by atoms with E-state index < -0.39 is 0 Å². The number of hydrogen-bond acceptors (Lipinski definition) is 3. The molecule has 0 aliphatic heterocycles. The zero-order valence-corrected chi connectivity index (χ0v) is 11.1. The van der Waals surface area contributed by atoms with Crippen LogP contribution in [0.1, 0.15) is 0 Å². The fourth-order valence-corrected chi connectivity index (χ4v) is 2.43. The molecule has 20 heavy (non-hydrogen) atoms.